The van der Waals surface area contributed by atoms with Gasteiger partial charge >= 0.3 is 0 Å². The van der Waals surface area contributed by atoms with Crippen molar-refractivity contribution in [1.82, 2.24) is 9.90 Å². The average Bonchev–Trinajstić information content (AvgIpc) is 2.14. The first-order chi connectivity index (χ1) is 6.61. The lowest BCUT2D eigenvalue weighted by Crippen LogP contribution is -2.41. The molecule has 1 aliphatic rings. The average molecular weight is 242 g/mol. The molecule has 1 rings (SSSR count). The largest absolute Gasteiger partial charge is 0.316 e. The van der Waals surface area contributed by atoms with Gasteiger partial charge in [0.05, 0.1) is 18.4 Å². The van der Waals surface area contributed by atoms with Gasteiger partial charge in [-0.05, 0) is 6.42 Å². The summed E-state index contributed by atoms with van der Waals surface area (Å²) >= 11 is 5.49. The molecule has 0 N–H and O–H groups in total. The molecule has 6 nitrogen and oxygen atoms in total. The third kappa shape index (κ3) is 2.67. The van der Waals surface area contributed by atoms with Crippen LogP contribution < -0.4 is 0 Å². The fourth-order valence-electron chi connectivity index (χ4n) is 1.27. The van der Waals surface area contributed by atoms with Gasteiger partial charge < -0.3 is 4.52 Å². The summed E-state index contributed by atoms with van der Waals surface area (Å²) in [5.41, 5.74) is 0. The maximum absolute atomic E-state index is 11.9. The van der Waals surface area contributed by atoms with E-state index in [9.17, 15) is 9.47 Å². The molecule has 0 radical (unpaired) electrons. The highest BCUT2D eigenvalue weighted by atomic mass is 35.5. The van der Waals surface area contributed by atoms with E-state index < -0.39 is 7.52 Å². The number of hydrogen-bond donors (Lipinski definition) is 0. The third-order valence-corrected chi connectivity index (χ3v) is 3.97. The minimum Gasteiger partial charge on any atom is -0.316 e. The highest BCUT2D eigenvalue weighted by Crippen LogP contribution is 2.50. The zero-order valence-electron chi connectivity index (χ0n) is 7.93. The van der Waals surface area contributed by atoms with Crippen LogP contribution in [0.1, 0.15) is 6.42 Å². The monoisotopic (exact) mass is 241 g/mol. The summed E-state index contributed by atoms with van der Waals surface area (Å²) < 4.78 is 18.3. The van der Waals surface area contributed by atoms with Gasteiger partial charge in [0.15, 0.2) is 0 Å². The minimum atomic E-state index is -2.89. The maximum Gasteiger partial charge on any atom is 0.288 e. The lowest BCUT2D eigenvalue weighted by Gasteiger charge is -2.36. The summed E-state index contributed by atoms with van der Waals surface area (Å²) in [7, 11) is -2.89. The Morgan fingerprint density at radius 1 is 1.71 bits per heavy atom. The second kappa shape index (κ2) is 5.07. The summed E-state index contributed by atoms with van der Waals surface area (Å²) in [6, 6.07) is 0. The van der Waals surface area contributed by atoms with E-state index in [1.807, 2.05) is 0 Å². The second-order valence-corrected chi connectivity index (χ2v) is 5.66. The number of hydrazine groups is 1. The van der Waals surface area contributed by atoms with Crippen molar-refractivity contribution in [1.29, 1.82) is 0 Å². The lowest BCUT2D eigenvalue weighted by atomic mass is 10.5. The van der Waals surface area contributed by atoms with Gasteiger partial charge in [-0.2, -0.15) is 5.12 Å². The number of rotatable bonds is 4. The van der Waals surface area contributed by atoms with Crippen molar-refractivity contribution in [3.05, 3.63) is 4.91 Å². The zero-order chi connectivity index (χ0) is 10.6. The molecule has 0 saturated carbocycles. The fraction of sp³-hybridized carbons (Fsp3) is 1.00. The topological polar surface area (TPSA) is 62.2 Å². The van der Waals surface area contributed by atoms with Gasteiger partial charge in [-0.3, -0.25) is 4.57 Å². The Morgan fingerprint density at radius 3 is 2.93 bits per heavy atom. The molecular weight excluding hydrogens is 229 g/mol. The van der Waals surface area contributed by atoms with Gasteiger partial charge in [-0.25, -0.2) is 0 Å². The van der Waals surface area contributed by atoms with Crippen LogP contribution in [0.2, 0.25) is 0 Å². The van der Waals surface area contributed by atoms with Crippen LogP contribution in [0.15, 0.2) is 5.29 Å². The van der Waals surface area contributed by atoms with Crippen LogP contribution in [-0.4, -0.2) is 42.1 Å². The first-order valence-electron chi connectivity index (χ1n) is 4.28. The van der Waals surface area contributed by atoms with E-state index in [0.29, 0.717) is 13.2 Å². The molecule has 0 spiro atoms. The number of alkyl halides is 1. The minimum absolute atomic E-state index is 0.242. The molecule has 14 heavy (non-hydrogen) atoms. The van der Waals surface area contributed by atoms with Crippen molar-refractivity contribution < 1.29 is 9.09 Å². The van der Waals surface area contributed by atoms with Crippen LogP contribution in [-0.2, 0) is 9.09 Å². The normalized spacial score (nSPS) is 28.7. The molecule has 1 aliphatic heterocycles. The molecule has 0 aromatic rings. The summed E-state index contributed by atoms with van der Waals surface area (Å²) in [5, 5.41) is 3.85. The third-order valence-electron chi connectivity index (χ3n) is 1.90. The molecule has 0 aromatic carbocycles. The van der Waals surface area contributed by atoms with Crippen LogP contribution in [0.25, 0.3) is 0 Å². The number of nitrogens with zero attached hydrogens (tertiary/aromatic N) is 3. The number of hydrogen-bond acceptors (Lipinski definition) is 4. The van der Waals surface area contributed by atoms with E-state index in [4.69, 9.17) is 16.1 Å². The summed E-state index contributed by atoms with van der Waals surface area (Å²) in [5.74, 6) is 0.252. The number of halogens is 1. The molecule has 0 amide bonds. The maximum atomic E-state index is 11.9. The van der Waals surface area contributed by atoms with Crippen LogP contribution in [0, 0.1) is 4.91 Å². The Hall–Kier alpha value is -0.160. The van der Waals surface area contributed by atoms with Crippen molar-refractivity contribution in [2.75, 3.05) is 32.2 Å². The molecule has 0 aromatic heterocycles. The van der Waals surface area contributed by atoms with Crippen molar-refractivity contribution in [2.45, 2.75) is 6.42 Å². The van der Waals surface area contributed by atoms with E-state index in [0.717, 1.165) is 11.5 Å². The van der Waals surface area contributed by atoms with Gasteiger partial charge in [0, 0.05) is 19.1 Å². The Balaban J connectivity index is 2.71. The molecule has 8 heteroatoms. The summed E-state index contributed by atoms with van der Waals surface area (Å²) in [6.45, 7) is 2.68. The van der Waals surface area contributed by atoms with Crippen LogP contribution in [0.5, 0.6) is 0 Å². The van der Waals surface area contributed by atoms with E-state index >= 15 is 0 Å². The molecule has 1 saturated heterocycles. The molecule has 1 atom stereocenters. The van der Waals surface area contributed by atoms with E-state index in [1.54, 1.807) is 0 Å². The van der Waals surface area contributed by atoms with Gasteiger partial charge in [0.25, 0.3) is 7.52 Å². The molecule has 82 valence electrons. The SMILES string of the molecule is CP1(=O)OCCCN1N(CCCl)N=O. The van der Waals surface area contributed by atoms with E-state index in [2.05, 4.69) is 5.29 Å². The van der Waals surface area contributed by atoms with Gasteiger partial charge in [-0.15, -0.1) is 21.3 Å². The first kappa shape index (κ1) is 11.9. The van der Waals surface area contributed by atoms with Gasteiger partial charge in [0.2, 0.25) is 0 Å². The smallest absolute Gasteiger partial charge is 0.288 e. The predicted molar refractivity (Wildman–Crippen MR) is 54.0 cm³/mol. The second-order valence-electron chi connectivity index (χ2n) is 2.95. The van der Waals surface area contributed by atoms with E-state index in [1.165, 1.54) is 11.4 Å². The summed E-state index contributed by atoms with van der Waals surface area (Å²) in [4.78, 5) is 10.5. The Kier molecular flexibility index (Phi) is 4.31. The highest BCUT2D eigenvalue weighted by molar-refractivity contribution is 7.55. The Bertz CT molecular complexity index is 252. The lowest BCUT2D eigenvalue weighted by molar-refractivity contribution is 0.0247. The van der Waals surface area contributed by atoms with Crippen LogP contribution in [0.3, 0.4) is 0 Å². The van der Waals surface area contributed by atoms with Crippen molar-refractivity contribution in [3.8, 4) is 0 Å². The highest BCUT2D eigenvalue weighted by Gasteiger charge is 2.34. The Labute approximate surface area is 87.6 Å². The zero-order valence-corrected chi connectivity index (χ0v) is 9.58. The van der Waals surface area contributed by atoms with Crippen molar-refractivity contribution in [2.24, 2.45) is 5.29 Å². The fourth-order valence-corrected chi connectivity index (χ4v) is 3.02. The Morgan fingerprint density at radius 2 is 2.43 bits per heavy atom. The standard InChI is InChI=1S/C6H13ClN3O3P/c1-14(12)10(4-2-6-13-14)9(8-11)5-3-7/h2-6H2,1H3. The first-order valence-corrected chi connectivity index (χ1v) is 6.84. The van der Waals surface area contributed by atoms with Gasteiger partial charge in [-0.1, -0.05) is 0 Å². The van der Waals surface area contributed by atoms with Crippen LogP contribution >= 0.6 is 19.1 Å². The predicted octanol–water partition coefficient (Wildman–Crippen LogP) is 1.67. The van der Waals surface area contributed by atoms with Crippen molar-refractivity contribution in [3.63, 3.8) is 0 Å². The molecule has 1 unspecified atom stereocenters. The van der Waals surface area contributed by atoms with Crippen molar-refractivity contribution >= 4 is 19.1 Å². The molecule has 1 heterocycles. The number of nitroso groups, excluding NO2 is 1. The summed E-state index contributed by atoms with van der Waals surface area (Å²) in [6.07, 6.45) is 0.728. The van der Waals surface area contributed by atoms with Crippen LogP contribution in [0.4, 0.5) is 0 Å². The quantitative estimate of drug-likeness (QED) is 0.324. The molecule has 1 fully saturated rings. The van der Waals surface area contributed by atoms with Gasteiger partial charge in [0.1, 0.15) is 0 Å². The molecular formula is C6H13ClN3O3P. The molecule has 0 aliphatic carbocycles. The van der Waals surface area contributed by atoms with E-state index in [-0.39, 0.29) is 12.4 Å². The molecule has 0 bridgehead atoms.